The Kier molecular flexibility index (Phi) is 3.98. The van der Waals surface area contributed by atoms with Crippen molar-refractivity contribution in [3.05, 3.63) is 51.7 Å². The molecule has 0 aliphatic heterocycles. The fraction of sp³-hybridized carbons (Fsp3) is 0.250. The van der Waals surface area contributed by atoms with Crippen LogP contribution >= 0.6 is 0 Å². The Hall–Kier alpha value is -2.17. The molecule has 0 saturated carbocycles. The predicted octanol–water partition coefficient (Wildman–Crippen LogP) is 2.16. The molecule has 0 spiro atoms. The van der Waals surface area contributed by atoms with Crippen LogP contribution in [-0.4, -0.2) is 29.7 Å². The molecule has 0 unspecified atom stereocenters. The van der Waals surface area contributed by atoms with E-state index in [4.69, 9.17) is 0 Å². The molecule has 0 saturated heterocycles. The standard InChI is InChI=1S/C12H14N2O3/c1-9-4-5-10(8-11(9)14(16)17)12(15)6-7-13(2)3/h4-8H,1-3H3/b7-6-. The predicted molar refractivity (Wildman–Crippen MR) is 65.0 cm³/mol. The number of aryl methyl sites for hydroxylation is 1. The normalized spacial score (nSPS) is 10.5. The van der Waals surface area contributed by atoms with Crippen molar-refractivity contribution in [2.24, 2.45) is 0 Å². The van der Waals surface area contributed by atoms with Crippen LogP contribution in [0.1, 0.15) is 15.9 Å². The molecule has 5 nitrogen and oxygen atoms in total. The molecule has 0 N–H and O–H groups in total. The Morgan fingerprint density at radius 1 is 1.41 bits per heavy atom. The summed E-state index contributed by atoms with van der Waals surface area (Å²) < 4.78 is 0. The van der Waals surface area contributed by atoms with Crippen molar-refractivity contribution in [3.8, 4) is 0 Å². The average Bonchev–Trinajstić information content (AvgIpc) is 2.26. The number of allylic oxidation sites excluding steroid dienone is 1. The molecule has 0 amide bonds. The zero-order valence-corrected chi connectivity index (χ0v) is 10.0. The van der Waals surface area contributed by atoms with E-state index in [9.17, 15) is 14.9 Å². The lowest BCUT2D eigenvalue weighted by Crippen LogP contribution is -2.03. The number of benzene rings is 1. The first-order chi connectivity index (χ1) is 7.91. The maximum absolute atomic E-state index is 11.7. The molecule has 5 heteroatoms. The summed E-state index contributed by atoms with van der Waals surface area (Å²) in [5.41, 5.74) is 0.831. The van der Waals surface area contributed by atoms with E-state index in [0.29, 0.717) is 11.1 Å². The fourth-order valence-corrected chi connectivity index (χ4v) is 1.27. The number of carbonyl (C=O) groups is 1. The van der Waals surface area contributed by atoms with Gasteiger partial charge in [-0.05, 0) is 6.92 Å². The second-order valence-corrected chi connectivity index (χ2v) is 3.90. The van der Waals surface area contributed by atoms with E-state index < -0.39 is 4.92 Å². The van der Waals surface area contributed by atoms with Crippen LogP contribution in [0.4, 0.5) is 5.69 Å². The third kappa shape index (κ3) is 3.41. The Bertz CT molecular complexity index is 479. The number of carbonyl (C=O) groups excluding carboxylic acids is 1. The van der Waals surface area contributed by atoms with E-state index in [-0.39, 0.29) is 11.5 Å². The third-order valence-corrected chi connectivity index (χ3v) is 2.21. The molecular formula is C12H14N2O3. The lowest BCUT2D eigenvalue weighted by Gasteiger charge is -2.03. The SMILES string of the molecule is Cc1ccc(C(=O)/C=C\N(C)C)cc1[N+](=O)[O-]. The molecule has 90 valence electrons. The van der Waals surface area contributed by atoms with Crippen molar-refractivity contribution < 1.29 is 9.72 Å². The first-order valence-electron chi connectivity index (χ1n) is 5.06. The van der Waals surface area contributed by atoms with Gasteiger partial charge in [-0.3, -0.25) is 14.9 Å². The van der Waals surface area contributed by atoms with Crippen LogP contribution in [0.5, 0.6) is 0 Å². The number of ketones is 1. The summed E-state index contributed by atoms with van der Waals surface area (Å²) in [4.78, 5) is 23.7. The summed E-state index contributed by atoms with van der Waals surface area (Å²) in [7, 11) is 3.59. The zero-order valence-electron chi connectivity index (χ0n) is 10.0. The summed E-state index contributed by atoms with van der Waals surface area (Å²) in [5.74, 6) is -0.248. The van der Waals surface area contributed by atoms with Crippen molar-refractivity contribution in [2.45, 2.75) is 6.92 Å². The van der Waals surface area contributed by atoms with E-state index in [1.54, 1.807) is 44.3 Å². The quantitative estimate of drug-likeness (QED) is 0.346. The molecule has 1 rings (SSSR count). The number of nitro benzene ring substituents is 1. The van der Waals surface area contributed by atoms with E-state index in [1.165, 1.54) is 12.1 Å². The molecule has 0 bridgehead atoms. The van der Waals surface area contributed by atoms with Gasteiger partial charge in [0.15, 0.2) is 5.78 Å². The number of hydrogen-bond donors (Lipinski definition) is 0. The van der Waals surface area contributed by atoms with Crippen LogP contribution in [0.2, 0.25) is 0 Å². The Morgan fingerprint density at radius 2 is 2.06 bits per heavy atom. The van der Waals surface area contributed by atoms with E-state index in [1.807, 2.05) is 0 Å². The van der Waals surface area contributed by atoms with Crippen LogP contribution in [0, 0.1) is 17.0 Å². The van der Waals surface area contributed by atoms with Crippen LogP contribution in [0.25, 0.3) is 0 Å². The molecule has 1 aromatic carbocycles. The topological polar surface area (TPSA) is 63.5 Å². The van der Waals surface area contributed by atoms with Gasteiger partial charge in [-0.15, -0.1) is 0 Å². The summed E-state index contributed by atoms with van der Waals surface area (Å²) in [6.07, 6.45) is 2.99. The monoisotopic (exact) mass is 234 g/mol. The van der Waals surface area contributed by atoms with Gasteiger partial charge in [-0.1, -0.05) is 12.1 Å². The molecule has 0 fully saturated rings. The van der Waals surface area contributed by atoms with Crippen LogP contribution in [-0.2, 0) is 0 Å². The summed E-state index contributed by atoms with van der Waals surface area (Å²) in [6, 6.07) is 4.47. The molecule has 0 aliphatic rings. The van der Waals surface area contributed by atoms with E-state index >= 15 is 0 Å². The lowest BCUT2D eigenvalue weighted by molar-refractivity contribution is -0.385. The maximum Gasteiger partial charge on any atom is 0.273 e. The molecule has 0 aliphatic carbocycles. The van der Waals surface area contributed by atoms with E-state index in [2.05, 4.69) is 0 Å². The lowest BCUT2D eigenvalue weighted by atomic mass is 10.1. The van der Waals surface area contributed by atoms with Gasteiger partial charge in [-0.2, -0.15) is 0 Å². The van der Waals surface area contributed by atoms with Gasteiger partial charge >= 0.3 is 0 Å². The number of nitrogens with zero attached hydrogens (tertiary/aromatic N) is 2. The minimum atomic E-state index is -0.484. The first kappa shape index (κ1) is 12.9. The first-order valence-corrected chi connectivity index (χ1v) is 5.06. The van der Waals surface area contributed by atoms with E-state index in [0.717, 1.165) is 0 Å². The number of hydrogen-bond acceptors (Lipinski definition) is 4. The minimum Gasteiger partial charge on any atom is -0.383 e. The minimum absolute atomic E-state index is 0.0332. The van der Waals surface area contributed by atoms with Crippen molar-refractivity contribution in [1.29, 1.82) is 0 Å². The largest absolute Gasteiger partial charge is 0.383 e. The zero-order chi connectivity index (χ0) is 13.0. The number of nitro groups is 1. The van der Waals surface area contributed by atoms with Crippen molar-refractivity contribution in [1.82, 2.24) is 4.90 Å². The van der Waals surface area contributed by atoms with Crippen molar-refractivity contribution in [3.63, 3.8) is 0 Å². The highest BCUT2D eigenvalue weighted by atomic mass is 16.6. The summed E-state index contributed by atoms with van der Waals surface area (Å²) in [6.45, 7) is 1.64. The molecule has 17 heavy (non-hydrogen) atoms. The maximum atomic E-state index is 11.7. The molecule has 1 aromatic rings. The van der Waals surface area contributed by atoms with Crippen LogP contribution in [0.15, 0.2) is 30.5 Å². The van der Waals surface area contributed by atoms with Gasteiger partial charge in [0.05, 0.1) is 4.92 Å². The second kappa shape index (κ2) is 5.25. The van der Waals surface area contributed by atoms with Gasteiger partial charge in [0.25, 0.3) is 5.69 Å². The van der Waals surface area contributed by atoms with Gasteiger partial charge in [0.2, 0.25) is 0 Å². The molecular weight excluding hydrogens is 220 g/mol. The molecule has 0 heterocycles. The van der Waals surface area contributed by atoms with Gasteiger partial charge in [0.1, 0.15) is 0 Å². The van der Waals surface area contributed by atoms with Crippen molar-refractivity contribution in [2.75, 3.05) is 14.1 Å². The highest BCUT2D eigenvalue weighted by molar-refractivity contribution is 6.04. The van der Waals surface area contributed by atoms with Crippen molar-refractivity contribution >= 4 is 11.5 Å². The van der Waals surface area contributed by atoms with Gasteiger partial charge in [0, 0.05) is 43.6 Å². The Morgan fingerprint density at radius 3 is 2.59 bits per heavy atom. The molecule has 0 radical (unpaired) electrons. The molecule has 0 aromatic heterocycles. The van der Waals surface area contributed by atoms with Crippen LogP contribution < -0.4 is 0 Å². The molecule has 0 atom stereocenters. The third-order valence-electron chi connectivity index (χ3n) is 2.21. The highest BCUT2D eigenvalue weighted by Gasteiger charge is 2.13. The van der Waals surface area contributed by atoms with Gasteiger partial charge in [-0.25, -0.2) is 0 Å². The van der Waals surface area contributed by atoms with Crippen LogP contribution in [0.3, 0.4) is 0 Å². The Labute approximate surface area is 99.5 Å². The second-order valence-electron chi connectivity index (χ2n) is 3.90. The van der Waals surface area contributed by atoms with Gasteiger partial charge < -0.3 is 4.90 Å². The number of rotatable bonds is 4. The summed E-state index contributed by atoms with van der Waals surface area (Å²) >= 11 is 0. The highest BCUT2D eigenvalue weighted by Crippen LogP contribution is 2.19. The average molecular weight is 234 g/mol. The fourth-order valence-electron chi connectivity index (χ4n) is 1.27. The Balaban J connectivity index is 3.04. The summed E-state index contributed by atoms with van der Waals surface area (Å²) in [5, 5.41) is 10.7. The smallest absolute Gasteiger partial charge is 0.273 e.